The Bertz CT molecular complexity index is 2270. The van der Waals surface area contributed by atoms with E-state index in [2.05, 4.69) is 9.97 Å². The molecule has 3 aromatic heterocycles. The number of benzene rings is 2. The first-order valence-electron chi connectivity index (χ1n) is 15.4. The number of fused-ring (bicyclic) bond motifs is 10. The van der Waals surface area contributed by atoms with Gasteiger partial charge in [-0.05, 0) is 18.2 Å². The van der Waals surface area contributed by atoms with E-state index in [1.54, 1.807) is 47.2 Å². The number of ether oxygens (including phenoxy) is 5. The summed E-state index contributed by atoms with van der Waals surface area (Å²) in [7, 11) is 1.41. The van der Waals surface area contributed by atoms with E-state index < -0.39 is 72.9 Å². The highest BCUT2D eigenvalue weighted by Crippen LogP contribution is 2.47. The molecule has 2 aliphatic heterocycles. The average Bonchev–Trinajstić information content (AvgIpc) is 3.66. The topological polar surface area (TPSA) is 185 Å². The molecule has 2 aliphatic rings. The number of H-pyrrole nitrogens is 1. The van der Waals surface area contributed by atoms with Crippen LogP contribution in [-0.4, -0.2) is 93.2 Å². The zero-order chi connectivity index (χ0) is 34.9. The molecule has 5 heterocycles. The number of nitrogens with one attached hydrogen (secondary N) is 1. The van der Waals surface area contributed by atoms with Crippen molar-refractivity contribution in [2.24, 2.45) is 0 Å². The van der Waals surface area contributed by atoms with Crippen molar-refractivity contribution in [3.8, 4) is 0 Å². The van der Waals surface area contributed by atoms with Crippen LogP contribution < -0.4 is 0 Å². The van der Waals surface area contributed by atoms with Crippen molar-refractivity contribution >= 4 is 79.4 Å². The summed E-state index contributed by atoms with van der Waals surface area (Å²) in [5.74, 6) is -3.96. The van der Waals surface area contributed by atoms with Crippen LogP contribution in [0, 0.1) is 0 Å². The Hall–Kier alpha value is -5.83. The minimum Gasteiger partial charge on any atom is -0.463 e. The SMILES string of the molecule is CC(=O)OC[C@H]1OC(n2c3ccccc3c3c4c(c5c6cccnc6[nH]c5c32)C(=O)N(C)C4=O)[C@H](OC(C)=O)[C@@H](OC(C)=O)[C@@H]1OC(C)=O. The molecule has 0 bridgehead atoms. The van der Waals surface area contributed by atoms with Crippen LogP contribution in [0.2, 0.25) is 0 Å². The summed E-state index contributed by atoms with van der Waals surface area (Å²) in [6, 6.07) is 10.6. The molecule has 1 unspecified atom stereocenters. The highest BCUT2D eigenvalue weighted by Gasteiger charge is 2.54. The summed E-state index contributed by atoms with van der Waals surface area (Å²) in [5, 5.41) is 2.01. The summed E-state index contributed by atoms with van der Waals surface area (Å²) < 4.78 is 30.7. The predicted molar refractivity (Wildman–Crippen MR) is 170 cm³/mol. The standard InChI is InChI=1S/C34H30N4O11/c1-14(39)45-13-21-28(46-15(2)40)29(47-16(3)41)30(48-17(4)42)34(49-21)38-20-11-7-6-9-18(20)23-25-24(32(43)37(5)33(25)44)22-19-10-8-12-35-31(19)36-26(22)27(23)38/h6-12,21,28-30,34H,13H2,1-5H3,(H,35,36)/t21-,28-,29+,30-,34?/m1/s1. The second-order valence-electron chi connectivity index (χ2n) is 11.9. The van der Waals surface area contributed by atoms with Gasteiger partial charge in [-0.15, -0.1) is 0 Å². The molecule has 0 spiro atoms. The monoisotopic (exact) mass is 670 g/mol. The molecule has 0 aliphatic carbocycles. The number of aromatic amines is 1. The Balaban J connectivity index is 1.61. The number of nitrogens with zero attached hydrogens (tertiary/aromatic N) is 3. The lowest BCUT2D eigenvalue weighted by molar-refractivity contribution is -0.267. The van der Waals surface area contributed by atoms with Crippen molar-refractivity contribution in [1.29, 1.82) is 0 Å². The van der Waals surface area contributed by atoms with E-state index in [1.165, 1.54) is 14.0 Å². The number of aromatic nitrogens is 3. The van der Waals surface area contributed by atoms with Gasteiger partial charge in [-0.25, -0.2) is 4.98 Å². The van der Waals surface area contributed by atoms with Gasteiger partial charge in [0.2, 0.25) is 0 Å². The number of para-hydroxylation sites is 1. The molecule has 1 fully saturated rings. The second kappa shape index (κ2) is 11.7. The van der Waals surface area contributed by atoms with Gasteiger partial charge in [0.25, 0.3) is 11.8 Å². The van der Waals surface area contributed by atoms with E-state index in [1.807, 2.05) is 0 Å². The minimum atomic E-state index is -1.44. The Morgan fingerprint density at radius 1 is 0.796 bits per heavy atom. The number of hydrogen-bond acceptors (Lipinski definition) is 12. The molecule has 0 saturated carbocycles. The third-order valence-electron chi connectivity index (χ3n) is 8.73. The Morgan fingerprint density at radius 3 is 2.08 bits per heavy atom. The Labute approximate surface area is 276 Å². The van der Waals surface area contributed by atoms with E-state index in [-0.39, 0.29) is 11.1 Å². The fraction of sp³-hybridized carbons (Fsp3) is 0.324. The van der Waals surface area contributed by atoms with E-state index in [0.717, 1.165) is 25.7 Å². The maximum atomic E-state index is 13.9. The molecule has 252 valence electrons. The van der Waals surface area contributed by atoms with Crippen LogP contribution in [0.25, 0.3) is 43.7 Å². The van der Waals surface area contributed by atoms with Crippen molar-refractivity contribution in [2.45, 2.75) is 58.3 Å². The third-order valence-corrected chi connectivity index (χ3v) is 8.73. The maximum Gasteiger partial charge on any atom is 0.303 e. The number of pyridine rings is 1. The zero-order valence-electron chi connectivity index (χ0n) is 27.0. The molecule has 2 aromatic carbocycles. The van der Waals surface area contributed by atoms with Gasteiger partial charge in [-0.3, -0.25) is 33.7 Å². The van der Waals surface area contributed by atoms with Crippen LogP contribution in [0.15, 0.2) is 42.6 Å². The van der Waals surface area contributed by atoms with E-state index in [4.69, 9.17) is 23.7 Å². The predicted octanol–water partition coefficient (Wildman–Crippen LogP) is 3.31. The second-order valence-corrected chi connectivity index (χ2v) is 11.9. The quantitative estimate of drug-likeness (QED) is 0.158. The largest absolute Gasteiger partial charge is 0.463 e. The number of imide groups is 1. The zero-order valence-corrected chi connectivity index (χ0v) is 27.0. The Morgan fingerprint density at radius 2 is 1.41 bits per heavy atom. The van der Waals surface area contributed by atoms with Gasteiger partial charge in [0.15, 0.2) is 24.5 Å². The number of hydrogen-bond donors (Lipinski definition) is 1. The molecular formula is C34H30N4O11. The number of carbonyl (C=O) groups is 6. The van der Waals surface area contributed by atoms with Crippen LogP contribution in [0.4, 0.5) is 0 Å². The minimum absolute atomic E-state index is 0.167. The summed E-state index contributed by atoms with van der Waals surface area (Å²) in [4.78, 5) is 86.0. The van der Waals surface area contributed by atoms with E-state index in [9.17, 15) is 28.8 Å². The lowest BCUT2D eigenvalue weighted by Gasteiger charge is -2.45. The average molecular weight is 671 g/mol. The van der Waals surface area contributed by atoms with Crippen LogP contribution in [0.5, 0.6) is 0 Å². The lowest BCUT2D eigenvalue weighted by atomic mass is 9.96. The number of rotatable bonds is 6. The highest BCUT2D eigenvalue weighted by atomic mass is 16.7. The Kier molecular flexibility index (Phi) is 7.58. The third kappa shape index (κ3) is 4.96. The van der Waals surface area contributed by atoms with Crippen LogP contribution in [0.1, 0.15) is 54.6 Å². The van der Waals surface area contributed by atoms with Gasteiger partial charge in [-0.1, -0.05) is 18.2 Å². The van der Waals surface area contributed by atoms with Gasteiger partial charge in [0, 0.05) is 62.5 Å². The molecule has 5 aromatic rings. The van der Waals surface area contributed by atoms with Gasteiger partial charge in [0.1, 0.15) is 18.4 Å². The fourth-order valence-corrected chi connectivity index (χ4v) is 7.00. The van der Waals surface area contributed by atoms with E-state index >= 15 is 0 Å². The van der Waals surface area contributed by atoms with Crippen LogP contribution >= 0.6 is 0 Å². The first kappa shape index (κ1) is 31.8. The molecule has 5 atom stereocenters. The van der Waals surface area contributed by atoms with Crippen molar-refractivity contribution in [1.82, 2.24) is 19.4 Å². The van der Waals surface area contributed by atoms with Gasteiger partial charge >= 0.3 is 23.9 Å². The first-order valence-corrected chi connectivity index (χ1v) is 15.4. The van der Waals surface area contributed by atoms with Crippen molar-refractivity contribution in [3.05, 3.63) is 53.7 Å². The number of esters is 4. The first-order chi connectivity index (χ1) is 23.4. The van der Waals surface area contributed by atoms with Crippen molar-refractivity contribution < 1.29 is 52.5 Å². The maximum absolute atomic E-state index is 13.9. The highest BCUT2D eigenvalue weighted by molar-refractivity contribution is 6.39. The summed E-state index contributed by atoms with van der Waals surface area (Å²) in [5.41, 5.74) is 2.14. The molecule has 0 radical (unpaired) electrons. The molecule has 1 saturated heterocycles. The molecule has 15 heteroatoms. The molecule has 7 rings (SSSR count). The fourth-order valence-electron chi connectivity index (χ4n) is 7.00. The molecule has 15 nitrogen and oxygen atoms in total. The van der Waals surface area contributed by atoms with Crippen LogP contribution in [-0.2, 0) is 42.9 Å². The van der Waals surface area contributed by atoms with Gasteiger partial charge in [-0.2, -0.15) is 0 Å². The van der Waals surface area contributed by atoms with E-state index in [0.29, 0.717) is 43.7 Å². The molecule has 1 N–H and O–H groups in total. The number of amides is 2. The summed E-state index contributed by atoms with van der Waals surface area (Å²) in [6.45, 7) is 4.21. The molecular weight excluding hydrogens is 640 g/mol. The molecule has 2 amide bonds. The summed E-state index contributed by atoms with van der Waals surface area (Å²) in [6.07, 6.45) is -5.23. The summed E-state index contributed by atoms with van der Waals surface area (Å²) >= 11 is 0. The van der Waals surface area contributed by atoms with Crippen molar-refractivity contribution in [2.75, 3.05) is 13.7 Å². The van der Waals surface area contributed by atoms with Crippen molar-refractivity contribution in [3.63, 3.8) is 0 Å². The van der Waals surface area contributed by atoms with Gasteiger partial charge in [0.05, 0.1) is 27.7 Å². The normalized spacial score (nSPS) is 22.1. The lowest BCUT2D eigenvalue weighted by Crippen LogP contribution is -2.60. The van der Waals surface area contributed by atoms with Crippen LogP contribution in [0.3, 0.4) is 0 Å². The molecule has 49 heavy (non-hydrogen) atoms. The van der Waals surface area contributed by atoms with Gasteiger partial charge < -0.3 is 33.2 Å². The smallest absolute Gasteiger partial charge is 0.303 e. The number of carbonyl (C=O) groups excluding carboxylic acids is 6.